The van der Waals surface area contributed by atoms with E-state index in [1.807, 2.05) is 0 Å². The van der Waals surface area contributed by atoms with Crippen LogP contribution in [0.5, 0.6) is 11.5 Å². The molecule has 1 aromatic rings. The summed E-state index contributed by atoms with van der Waals surface area (Å²) in [6.07, 6.45) is 0. The summed E-state index contributed by atoms with van der Waals surface area (Å²) >= 11 is 3.13. The van der Waals surface area contributed by atoms with E-state index in [0.29, 0.717) is 10.2 Å². The first-order valence-electron chi connectivity index (χ1n) is 3.93. The summed E-state index contributed by atoms with van der Waals surface area (Å²) in [5.74, 6) is -1.24. The Morgan fingerprint density at radius 1 is 1.53 bits per heavy atom. The molecule has 0 aliphatic heterocycles. The molecule has 0 radical (unpaired) electrons. The van der Waals surface area contributed by atoms with Crippen LogP contribution in [0.4, 0.5) is 0 Å². The van der Waals surface area contributed by atoms with Gasteiger partial charge in [0.15, 0.2) is 6.79 Å². The average molecular weight is 277 g/mol. The minimum Gasteiger partial charge on any atom is -0.507 e. The van der Waals surface area contributed by atoms with Gasteiger partial charge >= 0.3 is 5.97 Å². The highest BCUT2D eigenvalue weighted by molar-refractivity contribution is 9.10. The average Bonchev–Trinajstić information content (AvgIpc) is 2.16. The third-order valence-electron chi connectivity index (χ3n) is 1.61. The normalized spacial score (nSPS) is 10.0. The first kappa shape index (κ1) is 11.8. The van der Waals surface area contributed by atoms with E-state index < -0.39 is 5.97 Å². The van der Waals surface area contributed by atoms with Gasteiger partial charge in [0, 0.05) is 7.11 Å². The van der Waals surface area contributed by atoms with Crippen molar-refractivity contribution >= 4 is 21.9 Å². The Hall–Kier alpha value is -1.27. The minimum absolute atomic E-state index is 0.00241. The van der Waals surface area contributed by atoms with Crippen LogP contribution >= 0.6 is 15.9 Å². The predicted molar refractivity (Wildman–Crippen MR) is 55.3 cm³/mol. The first-order chi connectivity index (χ1) is 7.06. The zero-order valence-electron chi connectivity index (χ0n) is 7.86. The topological polar surface area (TPSA) is 76.0 Å². The van der Waals surface area contributed by atoms with Crippen molar-refractivity contribution in [1.82, 2.24) is 0 Å². The van der Waals surface area contributed by atoms with Gasteiger partial charge in [-0.25, -0.2) is 4.79 Å². The molecule has 0 bridgehead atoms. The van der Waals surface area contributed by atoms with Gasteiger partial charge in [0.05, 0.1) is 4.47 Å². The van der Waals surface area contributed by atoms with E-state index in [1.54, 1.807) is 0 Å². The van der Waals surface area contributed by atoms with Crippen LogP contribution in [-0.2, 0) is 4.74 Å². The van der Waals surface area contributed by atoms with Crippen molar-refractivity contribution in [3.63, 3.8) is 0 Å². The Kier molecular flexibility index (Phi) is 3.93. The maximum absolute atomic E-state index is 10.7. The molecule has 0 saturated heterocycles. The second-order valence-corrected chi connectivity index (χ2v) is 3.51. The third kappa shape index (κ3) is 2.84. The smallest absolute Gasteiger partial charge is 0.339 e. The molecule has 5 nitrogen and oxygen atoms in total. The molecule has 82 valence electrons. The van der Waals surface area contributed by atoms with Crippen LogP contribution in [-0.4, -0.2) is 30.1 Å². The molecule has 0 saturated carbocycles. The van der Waals surface area contributed by atoms with E-state index in [4.69, 9.17) is 9.84 Å². The van der Waals surface area contributed by atoms with Crippen molar-refractivity contribution in [2.75, 3.05) is 13.9 Å². The largest absolute Gasteiger partial charge is 0.507 e. The zero-order chi connectivity index (χ0) is 11.4. The van der Waals surface area contributed by atoms with E-state index >= 15 is 0 Å². The number of benzene rings is 1. The molecule has 0 heterocycles. The Morgan fingerprint density at radius 2 is 2.20 bits per heavy atom. The molecule has 0 aliphatic rings. The number of aromatic carboxylic acids is 1. The van der Waals surface area contributed by atoms with Gasteiger partial charge in [0.25, 0.3) is 0 Å². The van der Waals surface area contributed by atoms with Gasteiger partial charge in [-0.2, -0.15) is 0 Å². The highest BCUT2D eigenvalue weighted by Crippen LogP contribution is 2.32. The van der Waals surface area contributed by atoms with Crippen LogP contribution in [0.15, 0.2) is 16.6 Å². The lowest BCUT2D eigenvalue weighted by Gasteiger charge is -2.08. The Morgan fingerprint density at radius 3 is 2.73 bits per heavy atom. The van der Waals surface area contributed by atoms with Crippen LogP contribution in [0.25, 0.3) is 0 Å². The van der Waals surface area contributed by atoms with Crippen LogP contribution in [0.1, 0.15) is 10.4 Å². The van der Waals surface area contributed by atoms with Gasteiger partial charge in [-0.1, -0.05) is 0 Å². The minimum atomic E-state index is -1.22. The van der Waals surface area contributed by atoms with Crippen LogP contribution in [0, 0.1) is 0 Å². The van der Waals surface area contributed by atoms with E-state index in [2.05, 4.69) is 20.7 Å². The second kappa shape index (κ2) is 4.99. The maximum Gasteiger partial charge on any atom is 0.339 e. The van der Waals surface area contributed by atoms with Crippen molar-refractivity contribution in [3.8, 4) is 11.5 Å². The molecule has 0 unspecified atom stereocenters. The van der Waals surface area contributed by atoms with Crippen molar-refractivity contribution < 1.29 is 24.5 Å². The van der Waals surface area contributed by atoms with E-state index in [-0.39, 0.29) is 18.1 Å². The number of methoxy groups -OCH3 is 1. The van der Waals surface area contributed by atoms with E-state index in [9.17, 15) is 9.90 Å². The number of phenols is 1. The van der Waals surface area contributed by atoms with E-state index in [0.717, 1.165) is 0 Å². The zero-order valence-corrected chi connectivity index (χ0v) is 9.44. The Bertz CT molecular complexity index is 377. The highest BCUT2D eigenvalue weighted by Gasteiger charge is 2.14. The number of hydrogen-bond acceptors (Lipinski definition) is 4. The Labute approximate surface area is 94.4 Å². The molecule has 1 aromatic carbocycles. The van der Waals surface area contributed by atoms with Gasteiger partial charge in [-0.3, -0.25) is 0 Å². The van der Waals surface area contributed by atoms with Crippen molar-refractivity contribution in [2.24, 2.45) is 0 Å². The molecule has 6 heteroatoms. The molecule has 2 N–H and O–H groups in total. The number of aromatic hydroxyl groups is 1. The van der Waals surface area contributed by atoms with Crippen molar-refractivity contribution in [2.45, 2.75) is 0 Å². The number of carboxylic acid groups (broad SMARTS) is 1. The molecule has 0 amide bonds. The number of carboxylic acids is 1. The molecular formula is C9H9BrO5. The van der Waals surface area contributed by atoms with Crippen molar-refractivity contribution in [1.29, 1.82) is 0 Å². The van der Waals surface area contributed by atoms with Gasteiger partial charge in [-0.15, -0.1) is 0 Å². The molecule has 15 heavy (non-hydrogen) atoms. The van der Waals surface area contributed by atoms with Crippen LogP contribution < -0.4 is 4.74 Å². The highest BCUT2D eigenvalue weighted by atomic mass is 79.9. The third-order valence-corrected chi connectivity index (χ3v) is 2.23. The first-order valence-corrected chi connectivity index (χ1v) is 4.73. The summed E-state index contributed by atoms with van der Waals surface area (Å²) in [4.78, 5) is 10.7. The monoisotopic (exact) mass is 276 g/mol. The van der Waals surface area contributed by atoms with Gasteiger partial charge < -0.3 is 19.7 Å². The second-order valence-electron chi connectivity index (χ2n) is 2.66. The molecule has 0 aromatic heterocycles. The van der Waals surface area contributed by atoms with Crippen molar-refractivity contribution in [3.05, 3.63) is 22.2 Å². The van der Waals surface area contributed by atoms with Crippen LogP contribution in [0.2, 0.25) is 0 Å². The molecule has 0 spiro atoms. The molecule has 0 atom stereocenters. The number of carbonyl (C=O) groups is 1. The number of rotatable bonds is 4. The molecule has 0 fully saturated rings. The standard InChI is InChI=1S/C9H9BrO5/c1-14-4-15-8-2-5(9(12)13)7(11)3-6(8)10/h2-3,11H,4H2,1H3,(H,12,13). The van der Waals surface area contributed by atoms with Gasteiger partial charge in [0.1, 0.15) is 17.1 Å². The van der Waals surface area contributed by atoms with Crippen LogP contribution in [0.3, 0.4) is 0 Å². The van der Waals surface area contributed by atoms with Gasteiger partial charge in [0.2, 0.25) is 0 Å². The summed E-state index contributed by atoms with van der Waals surface area (Å²) in [5, 5.41) is 18.1. The molecule has 1 rings (SSSR count). The predicted octanol–water partition coefficient (Wildman–Crippen LogP) is 1.84. The SMILES string of the molecule is COCOc1cc(C(=O)O)c(O)cc1Br. The molecular weight excluding hydrogens is 268 g/mol. The lowest BCUT2D eigenvalue weighted by molar-refractivity contribution is 0.0501. The lowest BCUT2D eigenvalue weighted by Crippen LogP contribution is -2.02. The summed E-state index contributed by atoms with van der Waals surface area (Å²) in [7, 11) is 1.45. The molecule has 0 aliphatic carbocycles. The number of hydrogen-bond donors (Lipinski definition) is 2. The number of halogens is 1. The summed E-state index contributed by atoms with van der Waals surface area (Å²) < 4.78 is 10.2. The summed E-state index contributed by atoms with van der Waals surface area (Å²) in [5.41, 5.74) is -0.218. The fraction of sp³-hybridized carbons (Fsp3) is 0.222. The Balaban J connectivity index is 3.06. The summed E-state index contributed by atoms with van der Waals surface area (Å²) in [6, 6.07) is 2.48. The van der Waals surface area contributed by atoms with Gasteiger partial charge in [-0.05, 0) is 28.1 Å². The fourth-order valence-electron chi connectivity index (χ4n) is 0.947. The van der Waals surface area contributed by atoms with E-state index in [1.165, 1.54) is 19.2 Å². The fourth-order valence-corrected chi connectivity index (χ4v) is 1.39. The number of ether oxygens (including phenoxy) is 2. The maximum atomic E-state index is 10.7. The summed E-state index contributed by atoms with van der Waals surface area (Å²) in [6.45, 7) is 0.00241. The quantitative estimate of drug-likeness (QED) is 0.821. The lowest BCUT2D eigenvalue weighted by atomic mass is 10.2.